The number of H-pyrrole nitrogens is 1. The summed E-state index contributed by atoms with van der Waals surface area (Å²) < 4.78 is 42.2. The van der Waals surface area contributed by atoms with Crippen LogP contribution in [0.3, 0.4) is 0 Å². The first-order valence-electron chi connectivity index (χ1n) is 8.53. The SMILES string of the molecule is Cc1ccc(S(=O)(=O)Nc2ccc(-c3ncnc4[nH]c(C)cc34)c(F)c2)cc1. The van der Waals surface area contributed by atoms with Crippen LogP contribution in [0.1, 0.15) is 11.3 Å². The summed E-state index contributed by atoms with van der Waals surface area (Å²) in [6.45, 7) is 3.75. The zero-order valence-electron chi connectivity index (χ0n) is 15.2. The zero-order valence-corrected chi connectivity index (χ0v) is 16.0. The quantitative estimate of drug-likeness (QED) is 0.542. The molecule has 2 aromatic carbocycles. The Morgan fingerprint density at radius 2 is 1.75 bits per heavy atom. The molecule has 0 fully saturated rings. The van der Waals surface area contributed by atoms with E-state index in [1.54, 1.807) is 12.1 Å². The largest absolute Gasteiger partial charge is 0.343 e. The van der Waals surface area contributed by atoms with E-state index in [2.05, 4.69) is 19.7 Å². The van der Waals surface area contributed by atoms with E-state index in [1.807, 2.05) is 19.9 Å². The van der Waals surface area contributed by atoms with Crippen molar-refractivity contribution in [1.29, 1.82) is 0 Å². The molecular weight excluding hydrogens is 379 g/mol. The van der Waals surface area contributed by atoms with Crippen molar-refractivity contribution < 1.29 is 12.8 Å². The van der Waals surface area contributed by atoms with Gasteiger partial charge in [0.15, 0.2) is 0 Å². The van der Waals surface area contributed by atoms with Gasteiger partial charge in [-0.3, -0.25) is 4.72 Å². The summed E-state index contributed by atoms with van der Waals surface area (Å²) in [5, 5.41) is 0.701. The van der Waals surface area contributed by atoms with E-state index in [1.165, 1.54) is 30.6 Å². The number of hydrogen-bond acceptors (Lipinski definition) is 4. The average molecular weight is 396 g/mol. The first-order valence-corrected chi connectivity index (χ1v) is 10.0. The molecule has 0 saturated carbocycles. The molecule has 6 nitrogen and oxygen atoms in total. The van der Waals surface area contributed by atoms with Gasteiger partial charge in [-0.2, -0.15) is 0 Å². The highest BCUT2D eigenvalue weighted by molar-refractivity contribution is 7.92. The Bertz CT molecular complexity index is 1280. The second-order valence-corrected chi connectivity index (χ2v) is 8.23. The number of nitrogens with one attached hydrogen (secondary N) is 2. The van der Waals surface area contributed by atoms with Gasteiger partial charge in [0, 0.05) is 16.6 Å². The minimum Gasteiger partial charge on any atom is -0.343 e. The Kier molecular flexibility index (Phi) is 4.35. The van der Waals surface area contributed by atoms with Gasteiger partial charge in [-0.05, 0) is 50.2 Å². The maximum absolute atomic E-state index is 14.8. The van der Waals surface area contributed by atoms with Crippen LogP contribution >= 0.6 is 0 Å². The van der Waals surface area contributed by atoms with Gasteiger partial charge in [0.25, 0.3) is 10.0 Å². The van der Waals surface area contributed by atoms with Crippen molar-refractivity contribution in [3.8, 4) is 11.3 Å². The Balaban J connectivity index is 1.69. The lowest BCUT2D eigenvalue weighted by molar-refractivity contribution is 0.601. The van der Waals surface area contributed by atoms with Crippen molar-refractivity contribution >= 4 is 26.7 Å². The maximum atomic E-state index is 14.8. The van der Waals surface area contributed by atoms with Gasteiger partial charge in [0.05, 0.1) is 16.3 Å². The number of aromatic nitrogens is 3. The summed E-state index contributed by atoms with van der Waals surface area (Å²) >= 11 is 0. The van der Waals surface area contributed by atoms with Crippen molar-refractivity contribution in [2.75, 3.05) is 4.72 Å². The van der Waals surface area contributed by atoms with Crippen LogP contribution in [0, 0.1) is 19.7 Å². The summed E-state index contributed by atoms with van der Waals surface area (Å²) in [6.07, 6.45) is 1.36. The van der Waals surface area contributed by atoms with Crippen LogP contribution in [0.2, 0.25) is 0 Å². The molecule has 0 aliphatic carbocycles. The van der Waals surface area contributed by atoms with E-state index in [9.17, 15) is 12.8 Å². The highest BCUT2D eigenvalue weighted by Crippen LogP contribution is 2.30. The predicted molar refractivity (Wildman–Crippen MR) is 106 cm³/mol. The highest BCUT2D eigenvalue weighted by Gasteiger charge is 2.17. The molecule has 0 aliphatic heterocycles. The van der Waals surface area contributed by atoms with Gasteiger partial charge in [-0.1, -0.05) is 17.7 Å². The third kappa shape index (κ3) is 3.34. The number of nitrogens with zero attached hydrogens (tertiary/aromatic N) is 2. The first-order chi connectivity index (χ1) is 13.3. The molecule has 0 radical (unpaired) electrons. The Labute approximate surface area is 161 Å². The van der Waals surface area contributed by atoms with Crippen LogP contribution in [0.4, 0.5) is 10.1 Å². The van der Waals surface area contributed by atoms with E-state index in [4.69, 9.17) is 0 Å². The summed E-state index contributed by atoms with van der Waals surface area (Å²) in [5.41, 5.74) is 3.30. The van der Waals surface area contributed by atoms with Crippen LogP contribution in [0.5, 0.6) is 0 Å². The lowest BCUT2D eigenvalue weighted by Crippen LogP contribution is -2.13. The molecule has 0 saturated heterocycles. The van der Waals surface area contributed by atoms with Gasteiger partial charge in [-0.25, -0.2) is 22.8 Å². The van der Waals surface area contributed by atoms with Crippen LogP contribution in [0.15, 0.2) is 59.8 Å². The maximum Gasteiger partial charge on any atom is 0.261 e. The van der Waals surface area contributed by atoms with Crippen molar-refractivity contribution in [2.45, 2.75) is 18.7 Å². The van der Waals surface area contributed by atoms with E-state index >= 15 is 0 Å². The fourth-order valence-electron chi connectivity index (χ4n) is 2.99. The lowest BCUT2D eigenvalue weighted by atomic mass is 10.1. The molecule has 8 heteroatoms. The molecule has 0 unspecified atom stereocenters. The number of anilines is 1. The van der Waals surface area contributed by atoms with Gasteiger partial charge in [0.2, 0.25) is 0 Å². The molecule has 2 heterocycles. The number of halogens is 1. The summed E-state index contributed by atoms with van der Waals surface area (Å²) in [6, 6.07) is 12.4. The first kappa shape index (κ1) is 18.1. The molecule has 2 aromatic heterocycles. The highest BCUT2D eigenvalue weighted by atomic mass is 32.2. The van der Waals surface area contributed by atoms with E-state index < -0.39 is 15.8 Å². The van der Waals surface area contributed by atoms with Crippen molar-refractivity contribution in [2.24, 2.45) is 0 Å². The topological polar surface area (TPSA) is 87.7 Å². The monoisotopic (exact) mass is 396 g/mol. The van der Waals surface area contributed by atoms with E-state index in [0.29, 0.717) is 16.7 Å². The van der Waals surface area contributed by atoms with Crippen molar-refractivity contribution in [3.63, 3.8) is 0 Å². The van der Waals surface area contributed by atoms with Crippen LogP contribution < -0.4 is 4.72 Å². The van der Waals surface area contributed by atoms with Gasteiger partial charge >= 0.3 is 0 Å². The van der Waals surface area contributed by atoms with Gasteiger partial charge in [0.1, 0.15) is 17.8 Å². The summed E-state index contributed by atoms with van der Waals surface area (Å²) in [7, 11) is -3.80. The second-order valence-electron chi connectivity index (χ2n) is 6.55. The molecule has 142 valence electrons. The molecule has 2 N–H and O–H groups in total. The molecular formula is C20H17FN4O2S. The van der Waals surface area contributed by atoms with Crippen molar-refractivity contribution in [1.82, 2.24) is 15.0 Å². The third-order valence-corrected chi connectivity index (χ3v) is 5.77. The number of hydrogen-bond donors (Lipinski definition) is 2. The minimum atomic E-state index is -3.80. The smallest absolute Gasteiger partial charge is 0.261 e. The van der Waals surface area contributed by atoms with Crippen LogP contribution in [-0.4, -0.2) is 23.4 Å². The molecule has 0 bridgehead atoms. The lowest BCUT2D eigenvalue weighted by Gasteiger charge is -2.10. The second kappa shape index (κ2) is 6.72. The number of rotatable bonds is 4. The fourth-order valence-corrected chi connectivity index (χ4v) is 4.04. The zero-order chi connectivity index (χ0) is 19.9. The van der Waals surface area contributed by atoms with Gasteiger partial charge in [-0.15, -0.1) is 0 Å². The molecule has 28 heavy (non-hydrogen) atoms. The van der Waals surface area contributed by atoms with Crippen molar-refractivity contribution in [3.05, 3.63) is 71.9 Å². The fraction of sp³-hybridized carbons (Fsp3) is 0.100. The molecule has 0 spiro atoms. The Morgan fingerprint density at radius 3 is 2.46 bits per heavy atom. The van der Waals surface area contributed by atoms with Crippen LogP contribution in [0.25, 0.3) is 22.3 Å². The molecule has 4 aromatic rings. The Morgan fingerprint density at radius 1 is 1.00 bits per heavy atom. The number of aromatic amines is 1. The normalized spacial score (nSPS) is 11.7. The van der Waals surface area contributed by atoms with E-state index in [-0.39, 0.29) is 16.1 Å². The molecule has 0 aliphatic rings. The number of aryl methyl sites for hydroxylation is 2. The molecule has 0 amide bonds. The van der Waals surface area contributed by atoms with Crippen LogP contribution in [-0.2, 0) is 10.0 Å². The number of fused-ring (bicyclic) bond motifs is 1. The minimum absolute atomic E-state index is 0.114. The average Bonchev–Trinajstić information content (AvgIpc) is 3.02. The number of benzene rings is 2. The van der Waals surface area contributed by atoms with E-state index in [0.717, 1.165) is 17.3 Å². The molecule has 0 atom stereocenters. The number of sulfonamides is 1. The van der Waals surface area contributed by atoms with Gasteiger partial charge < -0.3 is 4.98 Å². The predicted octanol–water partition coefficient (Wildman–Crippen LogP) is 4.18. The standard InChI is InChI=1S/C20H17FN4O2S/c1-12-3-6-15(7-4-12)28(26,27)25-14-5-8-16(18(21)10-14)19-17-9-13(2)24-20(17)23-11-22-19/h3-11,25H,1-2H3,(H,22,23,24). The third-order valence-electron chi connectivity index (χ3n) is 4.37. The molecule has 4 rings (SSSR count). The Hall–Kier alpha value is -3.26. The summed E-state index contributed by atoms with van der Waals surface area (Å²) in [5.74, 6) is -0.581. The summed E-state index contributed by atoms with van der Waals surface area (Å²) in [4.78, 5) is 11.5.